The average Bonchev–Trinajstić information content (AvgIpc) is 2.59. The van der Waals surface area contributed by atoms with Crippen molar-refractivity contribution in [3.05, 3.63) is 58.9 Å². The molecule has 0 radical (unpaired) electrons. The van der Waals surface area contributed by atoms with Crippen LogP contribution in [0.4, 0.5) is 5.69 Å². The first-order valence-corrected chi connectivity index (χ1v) is 9.56. The molecule has 0 aliphatic carbocycles. The van der Waals surface area contributed by atoms with E-state index in [1.54, 1.807) is 31.2 Å². The van der Waals surface area contributed by atoms with Crippen LogP contribution in [0.15, 0.2) is 41.3 Å². The lowest BCUT2D eigenvalue weighted by Crippen LogP contribution is -2.24. The molecule has 134 valence electrons. The Kier molecular flexibility index (Phi) is 5.75. The molecule has 2 rings (SSSR count). The summed E-state index contributed by atoms with van der Waals surface area (Å²) in [7, 11) is -3.26. The number of sulfone groups is 1. The Morgan fingerprint density at radius 3 is 2.54 bits per heavy atom. The van der Waals surface area contributed by atoms with Gasteiger partial charge in [0.1, 0.15) is 17.3 Å². The van der Waals surface area contributed by atoms with Gasteiger partial charge in [-0.25, -0.2) is 13.4 Å². The number of nitrogen functional groups attached to an aromatic ring is 1. The van der Waals surface area contributed by atoms with Crippen molar-refractivity contribution < 1.29 is 13.2 Å². The van der Waals surface area contributed by atoms with Gasteiger partial charge in [0.2, 0.25) is 0 Å². The van der Waals surface area contributed by atoms with E-state index in [-0.39, 0.29) is 28.4 Å². The molecule has 0 aliphatic heterocycles. The van der Waals surface area contributed by atoms with E-state index in [4.69, 9.17) is 11.0 Å². The Morgan fingerprint density at radius 1 is 1.35 bits per heavy atom. The lowest BCUT2D eigenvalue weighted by atomic mass is 10.1. The number of nitrogens with zero attached hydrogens (tertiary/aromatic N) is 2. The maximum absolute atomic E-state index is 12.3. The average molecular weight is 370 g/mol. The maximum Gasteiger partial charge on any atom is 0.270 e. The fourth-order valence-corrected chi connectivity index (χ4v) is 2.86. The van der Waals surface area contributed by atoms with E-state index in [1.165, 1.54) is 18.2 Å². The Morgan fingerprint density at radius 2 is 2.00 bits per heavy atom. The van der Waals surface area contributed by atoms with Gasteiger partial charge in [0.15, 0.2) is 9.84 Å². The molecule has 7 nitrogen and oxygen atoms in total. The Hall–Kier alpha value is -3.18. The molecule has 1 aromatic carbocycles. The number of nitriles is 1. The summed E-state index contributed by atoms with van der Waals surface area (Å²) in [6.07, 6.45) is 4.44. The van der Waals surface area contributed by atoms with Gasteiger partial charge in [-0.15, -0.1) is 0 Å². The molecule has 0 saturated heterocycles. The van der Waals surface area contributed by atoms with Gasteiger partial charge in [-0.05, 0) is 36.8 Å². The normalized spacial score (nSPS) is 11.3. The fraction of sp³-hybridized carbons (Fsp3) is 0.167. The van der Waals surface area contributed by atoms with Crippen LogP contribution in [-0.4, -0.2) is 25.6 Å². The molecule has 0 bridgehead atoms. The van der Waals surface area contributed by atoms with Crippen LogP contribution >= 0.6 is 0 Å². The number of rotatable bonds is 5. The van der Waals surface area contributed by atoms with Crippen molar-refractivity contribution in [1.82, 2.24) is 10.3 Å². The van der Waals surface area contributed by atoms with Crippen LogP contribution in [0.25, 0.3) is 6.08 Å². The number of hydrogen-bond acceptors (Lipinski definition) is 6. The zero-order valence-corrected chi connectivity index (χ0v) is 15.2. The highest BCUT2D eigenvalue weighted by molar-refractivity contribution is 7.90. The lowest BCUT2D eigenvalue weighted by molar-refractivity contribution is 0.0946. The smallest absolute Gasteiger partial charge is 0.270 e. The predicted molar refractivity (Wildman–Crippen MR) is 98.8 cm³/mol. The van der Waals surface area contributed by atoms with Crippen LogP contribution in [0, 0.1) is 11.3 Å². The van der Waals surface area contributed by atoms with Crippen LogP contribution in [0.1, 0.15) is 34.2 Å². The maximum atomic E-state index is 12.3. The van der Waals surface area contributed by atoms with Gasteiger partial charge < -0.3 is 11.1 Å². The third-order valence-electron chi connectivity index (χ3n) is 3.55. The van der Waals surface area contributed by atoms with Gasteiger partial charge >= 0.3 is 0 Å². The number of carbonyl (C=O) groups excluding carboxylic acids is 1. The molecule has 0 unspecified atom stereocenters. The highest BCUT2D eigenvalue weighted by atomic mass is 32.2. The van der Waals surface area contributed by atoms with Gasteiger partial charge in [0.05, 0.1) is 16.3 Å². The number of anilines is 1. The van der Waals surface area contributed by atoms with Gasteiger partial charge in [-0.1, -0.05) is 18.2 Å². The van der Waals surface area contributed by atoms with Crippen LogP contribution < -0.4 is 11.1 Å². The first-order valence-electron chi connectivity index (χ1n) is 7.66. The minimum atomic E-state index is -3.26. The van der Waals surface area contributed by atoms with Crippen LogP contribution in [-0.2, 0) is 16.4 Å². The topological polar surface area (TPSA) is 126 Å². The monoisotopic (exact) mass is 370 g/mol. The van der Waals surface area contributed by atoms with Crippen molar-refractivity contribution in [2.45, 2.75) is 18.4 Å². The molecule has 1 heterocycles. The third-order valence-corrected chi connectivity index (χ3v) is 4.68. The van der Waals surface area contributed by atoms with Crippen molar-refractivity contribution >= 4 is 27.5 Å². The number of hydrogen-bond donors (Lipinski definition) is 2. The molecule has 26 heavy (non-hydrogen) atoms. The molecule has 1 aromatic heterocycles. The van der Waals surface area contributed by atoms with Crippen molar-refractivity contribution in [3.63, 3.8) is 0 Å². The molecule has 1 amide bonds. The summed E-state index contributed by atoms with van der Waals surface area (Å²) in [5, 5.41) is 11.8. The number of aromatic nitrogens is 1. The summed E-state index contributed by atoms with van der Waals surface area (Å²) >= 11 is 0. The van der Waals surface area contributed by atoms with E-state index < -0.39 is 15.7 Å². The van der Waals surface area contributed by atoms with Gasteiger partial charge in [0.25, 0.3) is 5.91 Å². The zero-order valence-electron chi connectivity index (χ0n) is 14.4. The molecule has 3 N–H and O–H groups in total. The second-order valence-corrected chi connectivity index (χ2v) is 7.58. The van der Waals surface area contributed by atoms with Crippen molar-refractivity contribution in [3.8, 4) is 6.07 Å². The standard InChI is InChI=1S/C18H18N4O3S/c1-3-4-16-14(10-19)15(20)9-17(22-16)18(23)21-11-12-5-7-13(8-6-12)26(2,24)25/h3-9H,11H2,1-2H3,(H2,20,22)(H,21,23)/b4-3-. The van der Waals surface area contributed by atoms with Crippen LogP contribution in [0.2, 0.25) is 0 Å². The Balaban J connectivity index is 2.17. The molecule has 2 aromatic rings. The number of allylic oxidation sites excluding steroid dienone is 1. The van der Waals surface area contributed by atoms with E-state index in [0.29, 0.717) is 5.69 Å². The number of nitrogens with two attached hydrogens (primary N) is 1. The fourth-order valence-electron chi connectivity index (χ4n) is 2.23. The Bertz CT molecular complexity index is 1000. The van der Waals surface area contributed by atoms with Gasteiger partial charge in [-0.3, -0.25) is 4.79 Å². The highest BCUT2D eigenvalue weighted by Gasteiger charge is 2.14. The Labute approximate surface area is 152 Å². The minimum Gasteiger partial charge on any atom is -0.398 e. The van der Waals surface area contributed by atoms with E-state index in [2.05, 4.69) is 10.3 Å². The molecule has 0 spiro atoms. The number of nitrogens with one attached hydrogen (secondary N) is 1. The van der Waals surface area contributed by atoms with Crippen molar-refractivity contribution in [2.75, 3.05) is 12.0 Å². The van der Waals surface area contributed by atoms with E-state index in [1.807, 2.05) is 6.07 Å². The summed E-state index contributed by atoms with van der Waals surface area (Å²) in [5.41, 5.74) is 7.40. The number of benzene rings is 1. The molecule has 0 atom stereocenters. The second-order valence-electron chi connectivity index (χ2n) is 5.57. The summed E-state index contributed by atoms with van der Waals surface area (Å²) in [6.45, 7) is 1.97. The lowest BCUT2D eigenvalue weighted by Gasteiger charge is -2.08. The van der Waals surface area contributed by atoms with Crippen LogP contribution in [0.3, 0.4) is 0 Å². The highest BCUT2D eigenvalue weighted by Crippen LogP contribution is 2.18. The van der Waals surface area contributed by atoms with Crippen LogP contribution in [0.5, 0.6) is 0 Å². The number of carbonyl (C=O) groups is 1. The first kappa shape index (κ1) is 19.1. The number of pyridine rings is 1. The largest absolute Gasteiger partial charge is 0.398 e. The summed E-state index contributed by atoms with van der Waals surface area (Å²) in [5.74, 6) is -0.445. The molecule has 0 aliphatic rings. The van der Waals surface area contributed by atoms with E-state index >= 15 is 0 Å². The first-order chi connectivity index (χ1) is 12.3. The molecular formula is C18H18N4O3S. The van der Waals surface area contributed by atoms with E-state index in [9.17, 15) is 13.2 Å². The van der Waals surface area contributed by atoms with Crippen molar-refractivity contribution in [1.29, 1.82) is 5.26 Å². The quantitative estimate of drug-likeness (QED) is 0.828. The van der Waals surface area contributed by atoms with Gasteiger partial charge in [0, 0.05) is 12.8 Å². The zero-order chi connectivity index (χ0) is 19.3. The third kappa shape index (κ3) is 4.46. The summed E-state index contributed by atoms with van der Waals surface area (Å²) in [6, 6.07) is 9.55. The molecule has 8 heteroatoms. The van der Waals surface area contributed by atoms with Crippen molar-refractivity contribution in [2.24, 2.45) is 0 Å². The predicted octanol–water partition coefficient (Wildman–Crippen LogP) is 1.90. The van der Waals surface area contributed by atoms with Gasteiger partial charge in [-0.2, -0.15) is 5.26 Å². The summed E-state index contributed by atoms with van der Waals surface area (Å²) in [4.78, 5) is 16.7. The second kappa shape index (κ2) is 7.80. The molecule has 0 saturated carbocycles. The minimum absolute atomic E-state index is 0.0994. The SMILES string of the molecule is C/C=C\c1nc(C(=O)NCc2ccc(S(C)(=O)=O)cc2)cc(N)c1C#N. The summed E-state index contributed by atoms with van der Waals surface area (Å²) < 4.78 is 22.9. The molecule has 0 fully saturated rings. The number of amides is 1. The molecular weight excluding hydrogens is 352 g/mol. The van der Waals surface area contributed by atoms with E-state index in [0.717, 1.165) is 11.8 Å².